The molecule has 26 heavy (non-hydrogen) atoms. The van der Waals surface area contributed by atoms with Gasteiger partial charge in [-0.2, -0.15) is 5.10 Å². The van der Waals surface area contributed by atoms with Gasteiger partial charge in [0.2, 0.25) is 0 Å². The van der Waals surface area contributed by atoms with Crippen LogP contribution in [-0.2, 0) is 6.61 Å². The molecule has 1 N–H and O–H groups in total. The van der Waals surface area contributed by atoms with Crippen molar-refractivity contribution in [2.45, 2.75) is 6.61 Å². The highest BCUT2D eigenvalue weighted by Gasteiger charge is 2.04. The zero-order valence-electron chi connectivity index (χ0n) is 13.8. The SMILES string of the molecule is O=C(N/N=C\c1ccccn1)c1ccc(COc2ccc(Cl)cc2)cc1. The van der Waals surface area contributed by atoms with Crippen molar-refractivity contribution in [1.29, 1.82) is 0 Å². The minimum atomic E-state index is -0.289. The number of carbonyl (C=O) groups excluding carboxylic acids is 1. The Morgan fingerprint density at radius 3 is 2.54 bits per heavy atom. The molecule has 2 aromatic carbocycles. The van der Waals surface area contributed by atoms with Gasteiger partial charge in [0, 0.05) is 16.8 Å². The molecular formula is C20H16ClN3O2. The van der Waals surface area contributed by atoms with Gasteiger partial charge in [0.1, 0.15) is 12.4 Å². The van der Waals surface area contributed by atoms with Crippen LogP contribution in [0.4, 0.5) is 0 Å². The minimum Gasteiger partial charge on any atom is -0.489 e. The van der Waals surface area contributed by atoms with Crippen LogP contribution < -0.4 is 10.2 Å². The Bertz CT molecular complexity index is 879. The molecule has 1 amide bonds. The number of carbonyl (C=O) groups is 1. The van der Waals surface area contributed by atoms with E-state index in [1.807, 2.05) is 36.4 Å². The second-order valence-corrected chi connectivity index (χ2v) is 5.83. The standard InChI is InChI=1S/C20H16ClN3O2/c21-17-8-10-19(11-9-17)26-14-15-4-6-16(7-5-15)20(25)24-23-13-18-3-1-2-12-22-18/h1-13H,14H2,(H,24,25)/b23-13-. The molecule has 1 heterocycles. The third-order valence-corrected chi connectivity index (χ3v) is 3.74. The Labute approximate surface area is 156 Å². The first-order valence-electron chi connectivity index (χ1n) is 7.92. The summed E-state index contributed by atoms with van der Waals surface area (Å²) in [6.07, 6.45) is 3.15. The van der Waals surface area contributed by atoms with Crippen LogP contribution in [0.2, 0.25) is 5.02 Å². The fourth-order valence-electron chi connectivity index (χ4n) is 2.12. The molecule has 5 nitrogen and oxygen atoms in total. The Morgan fingerprint density at radius 1 is 1.08 bits per heavy atom. The minimum absolute atomic E-state index is 0.289. The molecule has 0 saturated heterocycles. The van der Waals surface area contributed by atoms with Crippen LogP contribution in [0.1, 0.15) is 21.6 Å². The molecule has 6 heteroatoms. The van der Waals surface area contributed by atoms with E-state index in [1.54, 1.807) is 36.5 Å². The molecule has 3 aromatic rings. The van der Waals surface area contributed by atoms with Gasteiger partial charge < -0.3 is 4.74 Å². The fourth-order valence-corrected chi connectivity index (χ4v) is 2.25. The number of hydrogen-bond donors (Lipinski definition) is 1. The average molecular weight is 366 g/mol. The van der Waals surface area contributed by atoms with Gasteiger partial charge in [-0.25, -0.2) is 5.43 Å². The molecular weight excluding hydrogens is 350 g/mol. The van der Waals surface area contributed by atoms with Crippen LogP contribution in [0.5, 0.6) is 5.75 Å². The number of nitrogens with zero attached hydrogens (tertiary/aromatic N) is 2. The van der Waals surface area contributed by atoms with Gasteiger partial charge in [-0.3, -0.25) is 9.78 Å². The Hall–Kier alpha value is -3.18. The number of halogens is 1. The van der Waals surface area contributed by atoms with Crippen molar-refractivity contribution in [2.24, 2.45) is 5.10 Å². The molecule has 0 aliphatic heterocycles. The van der Waals surface area contributed by atoms with Crippen molar-refractivity contribution >= 4 is 23.7 Å². The summed E-state index contributed by atoms with van der Waals surface area (Å²) in [5, 5.41) is 4.57. The van der Waals surface area contributed by atoms with E-state index >= 15 is 0 Å². The molecule has 0 atom stereocenters. The van der Waals surface area contributed by atoms with Crippen molar-refractivity contribution in [1.82, 2.24) is 10.4 Å². The molecule has 0 fully saturated rings. The van der Waals surface area contributed by atoms with E-state index in [-0.39, 0.29) is 5.91 Å². The fraction of sp³-hybridized carbons (Fsp3) is 0.0500. The largest absolute Gasteiger partial charge is 0.489 e. The maximum atomic E-state index is 12.1. The summed E-state index contributed by atoms with van der Waals surface area (Å²) in [4.78, 5) is 16.2. The average Bonchev–Trinajstić information content (AvgIpc) is 2.69. The third-order valence-electron chi connectivity index (χ3n) is 3.49. The van der Waals surface area contributed by atoms with Crippen LogP contribution in [0.15, 0.2) is 78.0 Å². The quantitative estimate of drug-likeness (QED) is 0.529. The Kier molecular flexibility index (Phi) is 5.96. The van der Waals surface area contributed by atoms with Gasteiger partial charge in [0.25, 0.3) is 5.91 Å². The van der Waals surface area contributed by atoms with Crippen LogP contribution in [-0.4, -0.2) is 17.1 Å². The highest BCUT2D eigenvalue weighted by Crippen LogP contribution is 2.17. The highest BCUT2D eigenvalue weighted by molar-refractivity contribution is 6.30. The van der Waals surface area contributed by atoms with Crippen LogP contribution in [0.25, 0.3) is 0 Å². The maximum absolute atomic E-state index is 12.1. The van der Waals surface area contributed by atoms with Crippen molar-refractivity contribution in [2.75, 3.05) is 0 Å². The first-order valence-corrected chi connectivity index (χ1v) is 8.30. The number of amides is 1. The monoisotopic (exact) mass is 365 g/mol. The molecule has 3 rings (SSSR count). The van der Waals surface area contributed by atoms with E-state index in [9.17, 15) is 4.79 Å². The molecule has 0 aliphatic rings. The zero-order valence-corrected chi connectivity index (χ0v) is 14.6. The number of benzene rings is 2. The topological polar surface area (TPSA) is 63.6 Å². The summed E-state index contributed by atoms with van der Waals surface area (Å²) in [6, 6.07) is 19.8. The number of pyridine rings is 1. The molecule has 0 saturated carbocycles. The molecule has 130 valence electrons. The van der Waals surface area contributed by atoms with Crippen molar-refractivity contribution in [3.05, 3.63) is 94.8 Å². The van der Waals surface area contributed by atoms with Crippen molar-refractivity contribution in [3.63, 3.8) is 0 Å². The lowest BCUT2D eigenvalue weighted by atomic mass is 10.1. The van der Waals surface area contributed by atoms with Gasteiger partial charge in [0.15, 0.2) is 0 Å². The summed E-state index contributed by atoms with van der Waals surface area (Å²) in [7, 11) is 0. The smallest absolute Gasteiger partial charge is 0.271 e. The van der Waals surface area contributed by atoms with Gasteiger partial charge >= 0.3 is 0 Å². The number of aromatic nitrogens is 1. The number of hydrogen-bond acceptors (Lipinski definition) is 4. The summed E-state index contributed by atoms with van der Waals surface area (Å²) in [5.74, 6) is 0.447. The third kappa shape index (κ3) is 5.16. The Morgan fingerprint density at radius 2 is 1.85 bits per heavy atom. The van der Waals surface area contributed by atoms with Gasteiger partial charge in [-0.05, 0) is 54.1 Å². The van der Waals surface area contributed by atoms with Crippen LogP contribution >= 0.6 is 11.6 Å². The van der Waals surface area contributed by atoms with Crippen molar-refractivity contribution in [3.8, 4) is 5.75 Å². The number of hydrazone groups is 1. The first kappa shape index (κ1) is 17.6. The summed E-state index contributed by atoms with van der Waals surface area (Å²) >= 11 is 5.84. The Balaban J connectivity index is 1.52. The van der Waals surface area contributed by atoms with Gasteiger partial charge in [-0.15, -0.1) is 0 Å². The van der Waals surface area contributed by atoms with Crippen LogP contribution in [0.3, 0.4) is 0 Å². The summed E-state index contributed by atoms with van der Waals surface area (Å²) < 4.78 is 5.67. The number of nitrogens with one attached hydrogen (secondary N) is 1. The molecule has 0 aliphatic carbocycles. The predicted octanol–water partition coefficient (Wildman–Crippen LogP) is 4.08. The highest BCUT2D eigenvalue weighted by atomic mass is 35.5. The van der Waals surface area contributed by atoms with Crippen LogP contribution in [0, 0.1) is 0 Å². The van der Waals surface area contributed by atoms with Crippen molar-refractivity contribution < 1.29 is 9.53 Å². The molecule has 0 bridgehead atoms. The lowest BCUT2D eigenvalue weighted by Gasteiger charge is -2.07. The van der Waals surface area contributed by atoms with E-state index in [0.29, 0.717) is 22.9 Å². The second kappa shape index (κ2) is 8.78. The second-order valence-electron chi connectivity index (χ2n) is 5.39. The normalized spacial score (nSPS) is 10.7. The molecule has 0 spiro atoms. The number of ether oxygens (including phenoxy) is 1. The van der Waals surface area contributed by atoms with E-state index in [4.69, 9.17) is 16.3 Å². The summed E-state index contributed by atoms with van der Waals surface area (Å²) in [5.41, 5.74) is 4.61. The van der Waals surface area contributed by atoms with Gasteiger partial charge in [0.05, 0.1) is 11.9 Å². The van der Waals surface area contributed by atoms with E-state index in [0.717, 1.165) is 11.3 Å². The van der Waals surface area contributed by atoms with E-state index < -0.39 is 0 Å². The molecule has 0 radical (unpaired) electrons. The van der Waals surface area contributed by atoms with E-state index in [1.165, 1.54) is 6.21 Å². The maximum Gasteiger partial charge on any atom is 0.271 e. The zero-order chi connectivity index (χ0) is 18.2. The first-order chi connectivity index (χ1) is 12.7. The lowest BCUT2D eigenvalue weighted by Crippen LogP contribution is -2.17. The lowest BCUT2D eigenvalue weighted by molar-refractivity contribution is 0.0955. The molecule has 1 aromatic heterocycles. The van der Waals surface area contributed by atoms with E-state index in [2.05, 4.69) is 15.5 Å². The molecule has 0 unspecified atom stereocenters. The number of rotatable bonds is 6. The van der Waals surface area contributed by atoms with Gasteiger partial charge in [-0.1, -0.05) is 29.8 Å². The summed E-state index contributed by atoms with van der Waals surface area (Å²) in [6.45, 7) is 0.404. The predicted molar refractivity (Wildman–Crippen MR) is 102 cm³/mol.